The van der Waals surface area contributed by atoms with Gasteiger partial charge in [-0.3, -0.25) is 4.79 Å². The molecule has 0 bridgehead atoms. The van der Waals surface area contributed by atoms with Gasteiger partial charge >= 0.3 is 5.97 Å². The standard InChI is InChI=1S/C12H13NO4/c1-17-12(16)7-4-8(6-14)11(15)9(5-7)10-2-3-13-10/h4-6,10,13,15H,2-3H2,1H3/t10-/m0/s1. The van der Waals surface area contributed by atoms with Gasteiger partial charge in [0.2, 0.25) is 0 Å². The highest BCUT2D eigenvalue weighted by molar-refractivity contribution is 5.93. The molecule has 5 heteroatoms. The van der Waals surface area contributed by atoms with Gasteiger partial charge in [0.05, 0.1) is 18.2 Å². The fourth-order valence-corrected chi connectivity index (χ4v) is 1.83. The Morgan fingerprint density at radius 3 is 2.76 bits per heavy atom. The van der Waals surface area contributed by atoms with Crippen LogP contribution in [-0.2, 0) is 4.74 Å². The lowest BCUT2D eigenvalue weighted by Gasteiger charge is -2.29. The zero-order valence-electron chi connectivity index (χ0n) is 9.40. The van der Waals surface area contributed by atoms with Crippen molar-refractivity contribution in [1.29, 1.82) is 0 Å². The van der Waals surface area contributed by atoms with Crippen molar-refractivity contribution in [3.8, 4) is 5.75 Å². The van der Waals surface area contributed by atoms with E-state index in [1.807, 2.05) is 0 Å². The molecule has 1 aromatic rings. The lowest BCUT2D eigenvalue weighted by molar-refractivity contribution is 0.0600. The van der Waals surface area contributed by atoms with Gasteiger partial charge in [-0.15, -0.1) is 0 Å². The molecule has 0 saturated carbocycles. The zero-order chi connectivity index (χ0) is 12.4. The molecule has 1 heterocycles. The van der Waals surface area contributed by atoms with Gasteiger partial charge in [-0.2, -0.15) is 0 Å². The van der Waals surface area contributed by atoms with Crippen LogP contribution in [-0.4, -0.2) is 31.0 Å². The summed E-state index contributed by atoms with van der Waals surface area (Å²) in [5.41, 5.74) is 0.953. The molecule has 2 rings (SSSR count). The van der Waals surface area contributed by atoms with Gasteiger partial charge in [0.15, 0.2) is 6.29 Å². The van der Waals surface area contributed by atoms with Crippen LogP contribution in [0.2, 0.25) is 0 Å². The highest BCUT2D eigenvalue weighted by Gasteiger charge is 2.25. The minimum absolute atomic E-state index is 0.00157. The molecular weight excluding hydrogens is 222 g/mol. The Morgan fingerprint density at radius 1 is 1.59 bits per heavy atom. The van der Waals surface area contributed by atoms with Crippen LogP contribution in [0.5, 0.6) is 5.75 Å². The fraction of sp³-hybridized carbons (Fsp3) is 0.333. The molecule has 1 aliphatic heterocycles. The largest absolute Gasteiger partial charge is 0.507 e. The van der Waals surface area contributed by atoms with E-state index >= 15 is 0 Å². The smallest absolute Gasteiger partial charge is 0.337 e. The van der Waals surface area contributed by atoms with Crippen LogP contribution in [0.4, 0.5) is 0 Å². The lowest BCUT2D eigenvalue weighted by Crippen LogP contribution is -2.35. The average molecular weight is 235 g/mol. The molecule has 5 nitrogen and oxygen atoms in total. The third-order valence-corrected chi connectivity index (χ3v) is 2.92. The van der Waals surface area contributed by atoms with E-state index in [1.165, 1.54) is 13.2 Å². The number of aldehydes is 1. The average Bonchev–Trinajstić information content (AvgIpc) is 2.28. The summed E-state index contributed by atoms with van der Waals surface area (Å²) in [4.78, 5) is 22.3. The second-order valence-electron chi connectivity index (χ2n) is 3.91. The number of hydrogen-bond donors (Lipinski definition) is 2. The SMILES string of the molecule is COC(=O)c1cc(C=O)c(O)c([C@@H]2CCN2)c1. The number of phenols is 1. The summed E-state index contributed by atoms with van der Waals surface area (Å²) in [5, 5.41) is 13.0. The van der Waals surface area contributed by atoms with Crippen molar-refractivity contribution in [2.24, 2.45) is 0 Å². The van der Waals surface area contributed by atoms with Crippen LogP contribution in [0, 0.1) is 0 Å². The van der Waals surface area contributed by atoms with E-state index in [2.05, 4.69) is 10.1 Å². The Kier molecular flexibility index (Phi) is 3.10. The topological polar surface area (TPSA) is 75.6 Å². The minimum Gasteiger partial charge on any atom is -0.507 e. The summed E-state index contributed by atoms with van der Waals surface area (Å²) in [7, 11) is 1.27. The highest BCUT2D eigenvalue weighted by Crippen LogP contribution is 2.33. The van der Waals surface area contributed by atoms with Crippen molar-refractivity contribution < 1.29 is 19.4 Å². The number of phenolic OH excluding ortho intramolecular Hbond substituents is 1. The number of benzene rings is 1. The van der Waals surface area contributed by atoms with E-state index in [-0.39, 0.29) is 22.9 Å². The van der Waals surface area contributed by atoms with E-state index in [1.54, 1.807) is 6.07 Å². The van der Waals surface area contributed by atoms with Gasteiger partial charge in [0.1, 0.15) is 5.75 Å². The van der Waals surface area contributed by atoms with Crippen LogP contribution in [0.25, 0.3) is 0 Å². The Labute approximate surface area is 98.4 Å². The number of carbonyl (C=O) groups is 2. The Hall–Kier alpha value is -1.88. The third kappa shape index (κ3) is 2.01. The molecule has 0 radical (unpaired) electrons. The van der Waals surface area contributed by atoms with E-state index in [0.717, 1.165) is 13.0 Å². The molecule has 90 valence electrons. The molecule has 2 N–H and O–H groups in total. The first kappa shape index (κ1) is 11.6. The number of nitrogens with one attached hydrogen (secondary N) is 1. The highest BCUT2D eigenvalue weighted by atomic mass is 16.5. The summed E-state index contributed by atoms with van der Waals surface area (Å²) in [5.74, 6) is -0.585. The van der Waals surface area contributed by atoms with Crippen molar-refractivity contribution in [3.63, 3.8) is 0 Å². The molecule has 0 aliphatic carbocycles. The van der Waals surface area contributed by atoms with E-state index < -0.39 is 5.97 Å². The van der Waals surface area contributed by atoms with E-state index in [4.69, 9.17) is 0 Å². The van der Waals surface area contributed by atoms with Gasteiger partial charge in [0, 0.05) is 11.6 Å². The van der Waals surface area contributed by atoms with Crippen molar-refractivity contribution in [1.82, 2.24) is 5.32 Å². The predicted molar refractivity (Wildman–Crippen MR) is 60.2 cm³/mol. The van der Waals surface area contributed by atoms with Gasteiger partial charge in [-0.1, -0.05) is 0 Å². The minimum atomic E-state index is -0.520. The van der Waals surface area contributed by atoms with Crippen molar-refractivity contribution >= 4 is 12.3 Å². The number of ether oxygens (including phenoxy) is 1. The number of carbonyl (C=O) groups excluding carboxylic acids is 2. The van der Waals surface area contributed by atoms with Crippen molar-refractivity contribution in [2.75, 3.05) is 13.7 Å². The molecule has 1 fully saturated rings. The van der Waals surface area contributed by atoms with E-state index in [9.17, 15) is 14.7 Å². The Morgan fingerprint density at radius 2 is 2.29 bits per heavy atom. The zero-order valence-corrected chi connectivity index (χ0v) is 9.40. The van der Waals surface area contributed by atoms with Gasteiger partial charge in [-0.25, -0.2) is 4.79 Å². The number of aromatic hydroxyl groups is 1. The maximum atomic E-state index is 11.4. The lowest BCUT2D eigenvalue weighted by atomic mass is 9.93. The molecular formula is C12H13NO4. The quantitative estimate of drug-likeness (QED) is 0.604. The first-order valence-corrected chi connectivity index (χ1v) is 5.31. The number of esters is 1. The number of hydrogen-bond acceptors (Lipinski definition) is 5. The number of methoxy groups -OCH3 is 1. The molecule has 1 atom stereocenters. The molecule has 1 aromatic carbocycles. The van der Waals surface area contributed by atoms with E-state index in [0.29, 0.717) is 11.8 Å². The van der Waals surface area contributed by atoms with Gasteiger partial charge < -0.3 is 15.2 Å². The maximum absolute atomic E-state index is 11.4. The molecule has 0 amide bonds. The molecule has 0 aromatic heterocycles. The van der Waals surface area contributed by atoms with Crippen LogP contribution < -0.4 is 5.32 Å². The van der Waals surface area contributed by atoms with Gasteiger partial charge in [-0.05, 0) is 25.1 Å². The van der Waals surface area contributed by atoms with Crippen LogP contribution in [0.1, 0.15) is 38.7 Å². The Bertz CT molecular complexity index is 466. The molecule has 1 saturated heterocycles. The maximum Gasteiger partial charge on any atom is 0.337 e. The second-order valence-corrected chi connectivity index (χ2v) is 3.91. The molecule has 0 unspecified atom stereocenters. The molecule has 17 heavy (non-hydrogen) atoms. The summed E-state index contributed by atoms with van der Waals surface area (Å²) in [6.07, 6.45) is 1.40. The van der Waals surface area contributed by atoms with Gasteiger partial charge in [0.25, 0.3) is 0 Å². The number of rotatable bonds is 3. The summed E-state index contributed by atoms with van der Waals surface area (Å²) >= 11 is 0. The molecule has 0 spiro atoms. The second kappa shape index (κ2) is 4.55. The molecule has 1 aliphatic rings. The van der Waals surface area contributed by atoms with Crippen LogP contribution in [0.3, 0.4) is 0 Å². The normalized spacial score (nSPS) is 18.3. The first-order chi connectivity index (χ1) is 8.17. The summed E-state index contributed by atoms with van der Waals surface area (Å²) < 4.78 is 4.61. The monoisotopic (exact) mass is 235 g/mol. The Balaban J connectivity index is 2.48. The van der Waals surface area contributed by atoms with Crippen molar-refractivity contribution in [2.45, 2.75) is 12.5 Å². The fourth-order valence-electron chi connectivity index (χ4n) is 1.83. The van der Waals surface area contributed by atoms with Crippen LogP contribution >= 0.6 is 0 Å². The van der Waals surface area contributed by atoms with Crippen molar-refractivity contribution in [3.05, 3.63) is 28.8 Å². The third-order valence-electron chi connectivity index (χ3n) is 2.92. The predicted octanol–water partition coefficient (Wildman–Crippen LogP) is 1.03. The summed E-state index contributed by atoms with van der Waals surface area (Å²) in [6.45, 7) is 0.864. The summed E-state index contributed by atoms with van der Waals surface area (Å²) in [6, 6.07) is 2.89. The first-order valence-electron chi connectivity index (χ1n) is 5.31. The van der Waals surface area contributed by atoms with Crippen LogP contribution in [0.15, 0.2) is 12.1 Å².